The van der Waals surface area contributed by atoms with Crippen molar-refractivity contribution in [3.05, 3.63) is 27.9 Å². The van der Waals surface area contributed by atoms with Crippen LogP contribution in [0, 0.1) is 12.8 Å². The summed E-state index contributed by atoms with van der Waals surface area (Å²) in [5.74, 6) is -0.885. The molecule has 1 aromatic heterocycles. The van der Waals surface area contributed by atoms with Crippen molar-refractivity contribution in [2.75, 3.05) is 19.6 Å². The molecule has 2 rings (SSSR count). The lowest BCUT2D eigenvalue weighted by Gasteiger charge is -2.42. The Morgan fingerprint density at radius 2 is 2.08 bits per heavy atom. The van der Waals surface area contributed by atoms with Gasteiger partial charge in [-0.1, -0.05) is 13.8 Å². The maximum atomic E-state index is 13.5. The fraction of sp³-hybridized carbons (Fsp3) is 0.706. The number of hydrogen-bond donors (Lipinski definition) is 1. The zero-order chi connectivity index (χ0) is 18.1. The molecule has 0 saturated carbocycles. The lowest BCUT2D eigenvalue weighted by molar-refractivity contribution is -0.141. The molecule has 1 fully saturated rings. The first-order chi connectivity index (χ1) is 11.1. The van der Waals surface area contributed by atoms with E-state index in [0.717, 1.165) is 5.56 Å². The molecule has 0 amide bonds. The Kier molecular flexibility index (Phi) is 5.42. The Hall–Kier alpha value is -1.76. The largest absolute Gasteiger partial charge is 0.480 e. The lowest BCUT2D eigenvalue weighted by Crippen LogP contribution is -2.57. The highest BCUT2D eigenvalue weighted by Crippen LogP contribution is 2.24. The molecule has 0 aromatic carbocycles. The quantitative estimate of drug-likeness (QED) is 0.820. The van der Waals surface area contributed by atoms with Gasteiger partial charge in [0.2, 0.25) is 0 Å². The van der Waals surface area contributed by atoms with Gasteiger partial charge < -0.3 is 5.11 Å². The van der Waals surface area contributed by atoms with Crippen LogP contribution in [-0.4, -0.2) is 50.8 Å². The number of carbonyl (C=O) groups is 1. The number of aryl methyl sites for hydroxylation is 1. The predicted octanol–water partition coefficient (Wildman–Crippen LogP) is 1.81. The third-order valence-electron chi connectivity index (χ3n) is 4.36. The summed E-state index contributed by atoms with van der Waals surface area (Å²) < 4.78 is 14.8. The van der Waals surface area contributed by atoms with E-state index in [1.54, 1.807) is 20.0 Å². The zero-order valence-electron chi connectivity index (χ0n) is 14.8. The van der Waals surface area contributed by atoms with Crippen molar-refractivity contribution in [3.8, 4) is 0 Å². The van der Waals surface area contributed by atoms with Crippen LogP contribution >= 0.6 is 0 Å². The zero-order valence-corrected chi connectivity index (χ0v) is 14.8. The van der Waals surface area contributed by atoms with Crippen LogP contribution in [0.4, 0.5) is 4.39 Å². The SMILES string of the molecule is Cc1nc(=O)n(C(CC(C)C)C(=O)O)cc1CCN1CC(C)(F)C1. The number of aromatic nitrogens is 2. The normalized spacial score (nSPS) is 18.4. The number of carboxylic acids is 1. The maximum absolute atomic E-state index is 13.5. The van der Waals surface area contributed by atoms with E-state index in [4.69, 9.17) is 0 Å². The molecule has 1 saturated heterocycles. The number of carboxylic acid groups (broad SMARTS) is 1. The van der Waals surface area contributed by atoms with E-state index in [1.165, 1.54) is 4.57 Å². The van der Waals surface area contributed by atoms with Gasteiger partial charge in [-0.2, -0.15) is 4.98 Å². The van der Waals surface area contributed by atoms with E-state index < -0.39 is 23.4 Å². The smallest absolute Gasteiger partial charge is 0.348 e. The van der Waals surface area contributed by atoms with E-state index in [9.17, 15) is 19.1 Å². The Balaban J connectivity index is 2.17. The van der Waals surface area contributed by atoms with E-state index >= 15 is 0 Å². The Labute approximate surface area is 141 Å². The summed E-state index contributed by atoms with van der Waals surface area (Å²) in [5.41, 5.74) is -0.215. The van der Waals surface area contributed by atoms with Gasteiger partial charge in [0, 0.05) is 31.5 Å². The van der Waals surface area contributed by atoms with Crippen LogP contribution in [0.3, 0.4) is 0 Å². The topological polar surface area (TPSA) is 75.4 Å². The molecular weight excluding hydrogens is 313 g/mol. The Morgan fingerprint density at radius 1 is 1.46 bits per heavy atom. The lowest BCUT2D eigenvalue weighted by atomic mass is 9.98. The van der Waals surface area contributed by atoms with Crippen LogP contribution < -0.4 is 5.69 Å². The van der Waals surface area contributed by atoms with Gasteiger partial charge >= 0.3 is 11.7 Å². The first kappa shape index (κ1) is 18.6. The van der Waals surface area contributed by atoms with E-state index in [2.05, 4.69) is 4.98 Å². The number of alkyl halides is 1. The molecule has 2 heterocycles. The van der Waals surface area contributed by atoms with Crippen LogP contribution in [-0.2, 0) is 11.2 Å². The molecule has 0 radical (unpaired) electrons. The van der Waals surface area contributed by atoms with Gasteiger partial charge in [0.1, 0.15) is 11.7 Å². The van der Waals surface area contributed by atoms with Crippen molar-refractivity contribution < 1.29 is 14.3 Å². The highest BCUT2D eigenvalue weighted by Gasteiger charge is 2.38. The van der Waals surface area contributed by atoms with Crippen molar-refractivity contribution in [2.24, 2.45) is 5.92 Å². The van der Waals surface area contributed by atoms with Crippen LogP contribution in [0.5, 0.6) is 0 Å². The average Bonchev–Trinajstić information content (AvgIpc) is 2.41. The van der Waals surface area contributed by atoms with Gasteiger partial charge in [0.15, 0.2) is 0 Å². The minimum atomic E-state index is -1.11. The minimum Gasteiger partial charge on any atom is -0.480 e. The molecule has 1 atom stereocenters. The number of likely N-dealkylation sites (tertiary alicyclic amines) is 1. The summed E-state index contributed by atoms with van der Waals surface area (Å²) >= 11 is 0. The minimum absolute atomic E-state index is 0.145. The number of nitrogens with zero attached hydrogens (tertiary/aromatic N) is 3. The Bertz CT molecular complexity index is 662. The highest BCUT2D eigenvalue weighted by atomic mass is 19.1. The summed E-state index contributed by atoms with van der Waals surface area (Å²) in [6, 6.07) is -0.914. The predicted molar refractivity (Wildman–Crippen MR) is 89.0 cm³/mol. The molecule has 1 unspecified atom stereocenters. The third kappa shape index (κ3) is 4.41. The molecule has 1 N–H and O–H groups in total. The molecule has 7 heteroatoms. The molecule has 0 bridgehead atoms. The van der Waals surface area contributed by atoms with Gasteiger partial charge in [-0.25, -0.2) is 14.0 Å². The summed E-state index contributed by atoms with van der Waals surface area (Å²) in [5, 5.41) is 9.45. The molecule has 1 aliphatic heterocycles. The monoisotopic (exact) mass is 339 g/mol. The van der Waals surface area contributed by atoms with Crippen LogP contribution in [0.1, 0.15) is 44.5 Å². The van der Waals surface area contributed by atoms with Gasteiger partial charge in [-0.05, 0) is 38.2 Å². The molecule has 6 nitrogen and oxygen atoms in total. The molecule has 1 aromatic rings. The van der Waals surface area contributed by atoms with E-state index in [-0.39, 0.29) is 5.92 Å². The molecule has 0 spiro atoms. The number of aliphatic carboxylic acids is 1. The fourth-order valence-corrected chi connectivity index (χ4v) is 3.16. The van der Waals surface area contributed by atoms with Crippen molar-refractivity contribution in [1.82, 2.24) is 14.5 Å². The maximum Gasteiger partial charge on any atom is 0.348 e. The Morgan fingerprint density at radius 3 is 2.58 bits per heavy atom. The second kappa shape index (κ2) is 7.01. The van der Waals surface area contributed by atoms with Gasteiger partial charge in [0.25, 0.3) is 0 Å². The summed E-state index contributed by atoms with van der Waals surface area (Å²) in [6.07, 6.45) is 2.59. The molecule has 1 aliphatic rings. The first-order valence-corrected chi connectivity index (χ1v) is 8.32. The first-order valence-electron chi connectivity index (χ1n) is 8.32. The van der Waals surface area contributed by atoms with Gasteiger partial charge in [0.05, 0.1) is 0 Å². The molecule has 134 valence electrons. The number of hydrogen-bond acceptors (Lipinski definition) is 4. The standard InChI is InChI=1S/C17H26FN3O3/c1-11(2)7-14(15(22)23)21-8-13(12(3)19-16(21)24)5-6-20-9-17(4,18)10-20/h8,11,14H,5-7,9-10H2,1-4H3,(H,22,23). The van der Waals surface area contributed by atoms with Crippen molar-refractivity contribution in [3.63, 3.8) is 0 Å². The molecular formula is C17H26FN3O3. The molecule has 0 aliphatic carbocycles. The summed E-state index contributed by atoms with van der Waals surface area (Å²) in [4.78, 5) is 29.7. The van der Waals surface area contributed by atoms with Crippen molar-refractivity contribution in [1.29, 1.82) is 0 Å². The van der Waals surface area contributed by atoms with Crippen LogP contribution in [0.25, 0.3) is 0 Å². The second-order valence-electron chi connectivity index (χ2n) is 7.40. The van der Waals surface area contributed by atoms with E-state index in [0.29, 0.717) is 38.2 Å². The third-order valence-corrected chi connectivity index (χ3v) is 4.36. The fourth-order valence-electron chi connectivity index (χ4n) is 3.16. The van der Waals surface area contributed by atoms with Crippen molar-refractivity contribution in [2.45, 2.75) is 52.2 Å². The van der Waals surface area contributed by atoms with Gasteiger partial charge in [-0.3, -0.25) is 9.47 Å². The van der Waals surface area contributed by atoms with Crippen LogP contribution in [0.15, 0.2) is 11.0 Å². The average molecular weight is 339 g/mol. The van der Waals surface area contributed by atoms with E-state index in [1.807, 2.05) is 18.7 Å². The number of halogens is 1. The van der Waals surface area contributed by atoms with Crippen LogP contribution in [0.2, 0.25) is 0 Å². The summed E-state index contributed by atoms with van der Waals surface area (Å²) in [6.45, 7) is 8.65. The number of rotatable bonds is 7. The summed E-state index contributed by atoms with van der Waals surface area (Å²) in [7, 11) is 0. The second-order valence-corrected chi connectivity index (χ2v) is 7.40. The van der Waals surface area contributed by atoms with Gasteiger partial charge in [-0.15, -0.1) is 0 Å². The highest BCUT2D eigenvalue weighted by molar-refractivity contribution is 5.71. The van der Waals surface area contributed by atoms with Crippen molar-refractivity contribution >= 4 is 5.97 Å². The molecule has 24 heavy (non-hydrogen) atoms.